The molecule has 5 heteroatoms. The van der Waals surface area contributed by atoms with Gasteiger partial charge in [0.2, 0.25) is 11.8 Å². The van der Waals surface area contributed by atoms with E-state index in [4.69, 9.17) is 0 Å². The van der Waals surface area contributed by atoms with Crippen molar-refractivity contribution in [2.24, 2.45) is 11.8 Å². The van der Waals surface area contributed by atoms with Gasteiger partial charge in [0.15, 0.2) is 0 Å². The second-order valence-electron chi connectivity index (χ2n) is 6.28. The zero-order valence-corrected chi connectivity index (χ0v) is 12.7. The molecule has 0 aromatic carbocycles. The molecule has 1 saturated heterocycles. The molecule has 20 heavy (non-hydrogen) atoms. The average molecular weight is 281 g/mol. The largest absolute Gasteiger partial charge is 0.339 e. The summed E-state index contributed by atoms with van der Waals surface area (Å²) in [6.07, 6.45) is 4.23. The van der Waals surface area contributed by atoms with E-state index in [1.165, 1.54) is 0 Å². The van der Waals surface area contributed by atoms with E-state index in [0.717, 1.165) is 57.8 Å². The second kappa shape index (κ2) is 7.07. The molecule has 0 bridgehead atoms. The third-order valence-electron chi connectivity index (χ3n) is 4.58. The summed E-state index contributed by atoms with van der Waals surface area (Å²) in [6.45, 7) is 5.68. The molecule has 2 rings (SSSR count). The normalized spacial score (nSPS) is 27.2. The molecule has 1 N–H and O–H groups in total. The van der Waals surface area contributed by atoms with Crippen LogP contribution in [0, 0.1) is 11.8 Å². The van der Waals surface area contributed by atoms with E-state index >= 15 is 0 Å². The van der Waals surface area contributed by atoms with Gasteiger partial charge in [-0.3, -0.25) is 9.59 Å². The number of carbonyl (C=O) groups is 2. The lowest BCUT2D eigenvalue weighted by Crippen LogP contribution is -2.50. The van der Waals surface area contributed by atoms with Gasteiger partial charge in [0.25, 0.3) is 0 Å². The molecule has 2 fully saturated rings. The van der Waals surface area contributed by atoms with Crippen LogP contribution in [0.5, 0.6) is 0 Å². The molecule has 2 amide bonds. The molecule has 5 nitrogen and oxygen atoms in total. The van der Waals surface area contributed by atoms with Crippen molar-refractivity contribution in [1.29, 1.82) is 0 Å². The second-order valence-corrected chi connectivity index (χ2v) is 6.28. The number of amides is 2. The van der Waals surface area contributed by atoms with Crippen molar-refractivity contribution < 1.29 is 9.59 Å². The Morgan fingerprint density at radius 1 is 1.15 bits per heavy atom. The molecule has 0 aromatic rings. The highest BCUT2D eigenvalue weighted by atomic mass is 16.2. The maximum atomic E-state index is 12.4. The first-order chi connectivity index (χ1) is 9.58. The lowest BCUT2D eigenvalue weighted by molar-refractivity contribution is -0.142. The third-order valence-corrected chi connectivity index (χ3v) is 4.58. The Morgan fingerprint density at radius 2 is 1.75 bits per heavy atom. The molecular weight excluding hydrogens is 254 g/mol. The Kier molecular flexibility index (Phi) is 5.40. The van der Waals surface area contributed by atoms with Crippen LogP contribution in [0.1, 0.15) is 32.6 Å². The van der Waals surface area contributed by atoms with E-state index in [9.17, 15) is 9.59 Å². The Labute approximate surface area is 121 Å². The van der Waals surface area contributed by atoms with Gasteiger partial charge in [-0.2, -0.15) is 0 Å². The lowest BCUT2D eigenvalue weighted by atomic mass is 9.82. The Morgan fingerprint density at radius 3 is 2.35 bits per heavy atom. The molecule has 0 aromatic heterocycles. The standard InChI is InChI=1S/C15H27N3O2/c1-12-3-5-13(6-4-12)15(20)17(2)11-14(19)18-9-7-16-8-10-18/h12-13,16H,3-11H2,1-2H3. The van der Waals surface area contributed by atoms with Crippen molar-refractivity contribution in [2.75, 3.05) is 39.8 Å². The highest BCUT2D eigenvalue weighted by Crippen LogP contribution is 2.29. The molecule has 1 saturated carbocycles. The van der Waals surface area contributed by atoms with Gasteiger partial charge < -0.3 is 15.1 Å². The Hall–Kier alpha value is -1.10. The quantitative estimate of drug-likeness (QED) is 0.828. The van der Waals surface area contributed by atoms with Crippen molar-refractivity contribution in [3.8, 4) is 0 Å². The van der Waals surface area contributed by atoms with E-state index in [-0.39, 0.29) is 24.3 Å². The molecule has 1 aliphatic heterocycles. The van der Waals surface area contributed by atoms with Crippen LogP contribution in [-0.2, 0) is 9.59 Å². The first-order valence-electron chi connectivity index (χ1n) is 7.81. The molecule has 2 aliphatic rings. The summed E-state index contributed by atoms with van der Waals surface area (Å²) >= 11 is 0. The van der Waals surface area contributed by atoms with E-state index in [2.05, 4.69) is 12.2 Å². The van der Waals surface area contributed by atoms with Gasteiger partial charge in [-0.15, -0.1) is 0 Å². The van der Waals surface area contributed by atoms with Crippen LogP contribution in [0.2, 0.25) is 0 Å². The zero-order chi connectivity index (χ0) is 14.5. The summed E-state index contributed by atoms with van der Waals surface area (Å²) < 4.78 is 0. The lowest BCUT2D eigenvalue weighted by Gasteiger charge is -2.31. The highest BCUT2D eigenvalue weighted by molar-refractivity contribution is 5.85. The first-order valence-corrected chi connectivity index (χ1v) is 7.81. The van der Waals surface area contributed by atoms with Gasteiger partial charge in [0.1, 0.15) is 0 Å². The van der Waals surface area contributed by atoms with Crippen LogP contribution in [0.25, 0.3) is 0 Å². The van der Waals surface area contributed by atoms with E-state index in [1.807, 2.05) is 4.90 Å². The van der Waals surface area contributed by atoms with Crippen molar-refractivity contribution in [2.45, 2.75) is 32.6 Å². The predicted octanol–water partition coefficient (Wildman–Crippen LogP) is 0.703. The monoisotopic (exact) mass is 281 g/mol. The van der Waals surface area contributed by atoms with Crippen LogP contribution in [-0.4, -0.2) is 61.4 Å². The fourth-order valence-electron chi connectivity index (χ4n) is 3.11. The molecule has 0 spiro atoms. The summed E-state index contributed by atoms with van der Waals surface area (Å²) in [5.74, 6) is 1.10. The van der Waals surface area contributed by atoms with E-state index < -0.39 is 0 Å². The highest BCUT2D eigenvalue weighted by Gasteiger charge is 2.28. The summed E-state index contributed by atoms with van der Waals surface area (Å²) in [7, 11) is 1.76. The Balaban J connectivity index is 1.79. The van der Waals surface area contributed by atoms with Crippen LogP contribution >= 0.6 is 0 Å². The topological polar surface area (TPSA) is 52.7 Å². The molecule has 0 atom stereocenters. The summed E-state index contributed by atoms with van der Waals surface area (Å²) in [5, 5.41) is 3.23. The zero-order valence-electron chi connectivity index (χ0n) is 12.7. The average Bonchev–Trinajstić information content (AvgIpc) is 2.48. The van der Waals surface area contributed by atoms with Gasteiger partial charge in [-0.1, -0.05) is 6.92 Å². The van der Waals surface area contributed by atoms with Crippen molar-refractivity contribution in [3.05, 3.63) is 0 Å². The molecule has 1 aliphatic carbocycles. The van der Waals surface area contributed by atoms with Crippen molar-refractivity contribution >= 4 is 11.8 Å². The SMILES string of the molecule is CC1CCC(C(=O)N(C)CC(=O)N2CCNCC2)CC1. The van der Waals surface area contributed by atoms with Crippen LogP contribution in [0.3, 0.4) is 0 Å². The van der Waals surface area contributed by atoms with E-state index in [0.29, 0.717) is 0 Å². The number of nitrogens with zero attached hydrogens (tertiary/aromatic N) is 2. The van der Waals surface area contributed by atoms with Gasteiger partial charge in [0.05, 0.1) is 6.54 Å². The fraction of sp³-hybridized carbons (Fsp3) is 0.867. The molecule has 0 radical (unpaired) electrons. The predicted molar refractivity (Wildman–Crippen MR) is 78.2 cm³/mol. The third kappa shape index (κ3) is 3.95. The van der Waals surface area contributed by atoms with Crippen molar-refractivity contribution in [3.63, 3.8) is 0 Å². The number of rotatable bonds is 3. The van der Waals surface area contributed by atoms with Crippen LogP contribution < -0.4 is 5.32 Å². The minimum atomic E-state index is 0.0755. The summed E-state index contributed by atoms with van der Waals surface area (Å²) in [5.41, 5.74) is 0. The number of nitrogens with one attached hydrogen (secondary N) is 1. The number of hydrogen-bond donors (Lipinski definition) is 1. The minimum absolute atomic E-state index is 0.0755. The molecule has 0 unspecified atom stereocenters. The smallest absolute Gasteiger partial charge is 0.242 e. The number of likely N-dealkylation sites (N-methyl/N-ethyl adjacent to an activating group) is 1. The van der Waals surface area contributed by atoms with Crippen molar-refractivity contribution in [1.82, 2.24) is 15.1 Å². The van der Waals surface area contributed by atoms with Crippen LogP contribution in [0.15, 0.2) is 0 Å². The fourth-order valence-corrected chi connectivity index (χ4v) is 3.11. The molecule has 1 heterocycles. The summed E-state index contributed by atoms with van der Waals surface area (Å²) in [6, 6.07) is 0. The number of piperazine rings is 1. The van der Waals surface area contributed by atoms with E-state index in [1.54, 1.807) is 11.9 Å². The molecular formula is C15H27N3O2. The van der Waals surface area contributed by atoms with Crippen LogP contribution in [0.4, 0.5) is 0 Å². The first kappa shape index (κ1) is 15.3. The number of hydrogen-bond acceptors (Lipinski definition) is 3. The maximum absolute atomic E-state index is 12.4. The Bertz CT molecular complexity index is 345. The van der Waals surface area contributed by atoms with Gasteiger partial charge in [-0.05, 0) is 31.6 Å². The maximum Gasteiger partial charge on any atom is 0.242 e. The molecule has 114 valence electrons. The number of carbonyl (C=O) groups excluding carboxylic acids is 2. The van der Waals surface area contributed by atoms with Gasteiger partial charge >= 0.3 is 0 Å². The van der Waals surface area contributed by atoms with Gasteiger partial charge in [0, 0.05) is 39.1 Å². The van der Waals surface area contributed by atoms with Gasteiger partial charge in [-0.25, -0.2) is 0 Å². The summed E-state index contributed by atoms with van der Waals surface area (Å²) in [4.78, 5) is 28.0. The minimum Gasteiger partial charge on any atom is -0.339 e.